The van der Waals surface area contributed by atoms with E-state index in [4.69, 9.17) is 0 Å². The highest BCUT2D eigenvalue weighted by atomic mass is 16.2. The lowest BCUT2D eigenvalue weighted by molar-refractivity contribution is 0.0776. The molecule has 0 aliphatic heterocycles. The van der Waals surface area contributed by atoms with Gasteiger partial charge < -0.3 is 10.2 Å². The van der Waals surface area contributed by atoms with Gasteiger partial charge >= 0.3 is 0 Å². The van der Waals surface area contributed by atoms with Crippen LogP contribution in [0.3, 0.4) is 0 Å². The summed E-state index contributed by atoms with van der Waals surface area (Å²) in [5, 5.41) is 11.0. The largest absolute Gasteiger partial charge is 0.369 e. The zero-order valence-corrected chi connectivity index (χ0v) is 12.5. The highest BCUT2D eigenvalue weighted by Crippen LogP contribution is 2.07. The van der Waals surface area contributed by atoms with Crippen LogP contribution in [0.4, 0.5) is 5.82 Å². The van der Waals surface area contributed by atoms with Gasteiger partial charge in [0.1, 0.15) is 5.82 Å². The van der Waals surface area contributed by atoms with E-state index in [1.54, 1.807) is 24.1 Å². The van der Waals surface area contributed by atoms with Gasteiger partial charge in [-0.15, -0.1) is 10.2 Å². The fraction of sp³-hybridized carbons (Fsp3) is 0.333. The molecule has 0 radical (unpaired) electrons. The number of rotatable bonds is 5. The van der Waals surface area contributed by atoms with E-state index >= 15 is 0 Å². The number of aromatic nitrogens is 3. The molecule has 2 heterocycles. The number of hydrogen-bond acceptors (Lipinski definition) is 5. The summed E-state index contributed by atoms with van der Waals surface area (Å²) in [7, 11) is 1.73. The number of aryl methyl sites for hydroxylation is 1. The second-order valence-electron chi connectivity index (χ2n) is 4.77. The van der Waals surface area contributed by atoms with Crippen molar-refractivity contribution >= 4 is 11.7 Å². The van der Waals surface area contributed by atoms with Gasteiger partial charge in [0.15, 0.2) is 5.69 Å². The molecular weight excluding hydrogens is 266 g/mol. The van der Waals surface area contributed by atoms with E-state index in [1.165, 1.54) is 0 Å². The van der Waals surface area contributed by atoms with Crippen LogP contribution in [0.25, 0.3) is 0 Å². The average molecular weight is 285 g/mol. The second kappa shape index (κ2) is 6.78. The van der Waals surface area contributed by atoms with Crippen LogP contribution < -0.4 is 5.32 Å². The minimum absolute atomic E-state index is 0.172. The van der Waals surface area contributed by atoms with Crippen molar-refractivity contribution in [2.45, 2.75) is 20.4 Å². The van der Waals surface area contributed by atoms with Crippen molar-refractivity contribution in [1.29, 1.82) is 0 Å². The first-order valence-electron chi connectivity index (χ1n) is 6.85. The number of anilines is 1. The standard InChI is InChI=1S/C15H19N5O/c1-4-16-14-9-8-13(18-19-14)15(21)20(3)10-12-7-5-6-11(2)17-12/h5-9H,4,10H2,1-3H3,(H,16,19). The smallest absolute Gasteiger partial charge is 0.274 e. The molecule has 0 saturated carbocycles. The van der Waals surface area contributed by atoms with Crippen LogP contribution >= 0.6 is 0 Å². The number of nitrogens with one attached hydrogen (secondary N) is 1. The lowest BCUT2D eigenvalue weighted by Gasteiger charge is -2.16. The van der Waals surface area contributed by atoms with E-state index < -0.39 is 0 Å². The van der Waals surface area contributed by atoms with E-state index in [9.17, 15) is 4.79 Å². The van der Waals surface area contributed by atoms with Gasteiger partial charge in [-0.1, -0.05) is 6.07 Å². The maximum atomic E-state index is 12.3. The molecule has 0 aliphatic rings. The van der Waals surface area contributed by atoms with Gasteiger partial charge in [0, 0.05) is 19.3 Å². The van der Waals surface area contributed by atoms with Crippen LogP contribution in [0, 0.1) is 6.92 Å². The van der Waals surface area contributed by atoms with Gasteiger partial charge in [0.05, 0.1) is 12.2 Å². The number of carbonyl (C=O) groups is 1. The molecule has 0 bridgehead atoms. The van der Waals surface area contributed by atoms with E-state index in [0.29, 0.717) is 18.1 Å². The molecule has 0 spiro atoms. The summed E-state index contributed by atoms with van der Waals surface area (Å²) in [5.74, 6) is 0.492. The summed E-state index contributed by atoms with van der Waals surface area (Å²) in [6.07, 6.45) is 0. The Balaban J connectivity index is 2.04. The van der Waals surface area contributed by atoms with Crippen LogP contribution in [0.15, 0.2) is 30.3 Å². The van der Waals surface area contributed by atoms with Gasteiger partial charge in [-0.25, -0.2) is 0 Å². The molecule has 0 fully saturated rings. The molecule has 110 valence electrons. The van der Waals surface area contributed by atoms with Crippen LogP contribution in [0.5, 0.6) is 0 Å². The maximum absolute atomic E-state index is 12.3. The summed E-state index contributed by atoms with van der Waals surface area (Å²) >= 11 is 0. The topological polar surface area (TPSA) is 71.0 Å². The molecule has 2 rings (SSSR count). The van der Waals surface area contributed by atoms with E-state index in [1.807, 2.05) is 32.0 Å². The zero-order chi connectivity index (χ0) is 15.2. The Kier molecular flexibility index (Phi) is 4.81. The van der Waals surface area contributed by atoms with Crippen molar-refractivity contribution in [1.82, 2.24) is 20.1 Å². The van der Waals surface area contributed by atoms with Crippen molar-refractivity contribution in [3.8, 4) is 0 Å². The first-order chi connectivity index (χ1) is 10.1. The van der Waals surface area contributed by atoms with Crippen LogP contribution in [-0.2, 0) is 6.54 Å². The predicted molar refractivity (Wildman–Crippen MR) is 81.0 cm³/mol. The molecule has 2 aromatic heterocycles. The normalized spacial score (nSPS) is 10.2. The molecule has 0 unspecified atom stereocenters. The first kappa shape index (κ1) is 14.9. The Hall–Kier alpha value is -2.50. The van der Waals surface area contributed by atoms with E-state index in [0.717, 1.165) is 17.9 Å². The quantitative estimate of drug-likeness (QED) is 0.908. The molecule has 6 heteroatoms. The SMILES string of the molecule is CCNc1ccc(C(=O)N(C)Cc2cccc(C)n2)nn1. The highest BCUT2D eigenvalue weighted by molar-refractivity contribution is 5.92. The van der Waals surface area contributed by atoms with Crippen LogP contribution in [0.1, 0.15) is 28.8 Å². The van der Waals surface area contributed by atoms with Crippen molar-refractivity contribution in [2.75, 3.05) is 18.9 Å². The molecule has 1 amide bonds. The number of hydrogen-bond donors (Lipinski definition) is 1. The molecule has 0 aliphatic carbocycles. The van der Waals surface area contributed by atoms with Gasteiger partial charge in [-0.3, -0.25) is 9.78 Å². The van der Waals surface area contributed by atoms with E-state index in [-0.39, 0.29) is 5.91 Å². The molecular formula is C15H19N5O. The third-order valence-electron chi connectivity index (χ3n) is 2.93. The summed E-state index contributed by atoms with van der Waals surface area (Å²) in [5.41, 5.74) is 2.11. The first-order valence-corrected chi connectivity index (χ1v) is 6.85. The Labute approximate surface area is 124 Å². The van der Waals surface area contributed by atoms with Crippen molar-refractivity contribution in [2.24, 2.45) is 0 Å². The molecule has 0 saturated heterocycles. The number of amides is 1. The average Bonchev–Trinajstić information content (AvgIpc) is 2.47. The molecule has 1 N–H and O–H groups in total. The van der Waals surface area contributed by atoms with Crippen LogP contribution in [-0.4, -0.2) is 39.6 Å². The van der Waals surface area contributed by atoms with E-state index in [2.05, 4.69) is 20.5 Å². The second-order valence-corrected chi connectivity index (χ2v) is 4.77. The summed E-state index contributed by atoms with van der Waals surface area (Å²) in [6, 6.07) is 9.18. The molecule has 0 aromatic carbocycles. The molecule has 6 nitrogen and oxygen atoms in total. The molecule has 0 atom stereocenters. The molecule has 21 heavy (non-hydrogen) atoms. The van der Waals surface area contributed by atoms with Gasteiger partial charge in [0.2, 0.25) is 0 Å². The third-order valence-corrected chi connectivity index (χ3v) is 2.93. The summed E-state index contributed by atoms with van der Waals surface area (Å²) in [6.45, 7) is 5.11. The minimum atomic E-state index is -0.172. The predicted octanol–water partition coefficient (Wildman–Crippen LogP) is 1.88. The minimum Gasteiger partial charge on any atom is -0.369 e. The van der Waals surface area contributed by atoms with Gasteiger partial charge in [-0.2, -0.15) is 0 Å². The highest BCUT2D eigenvalue weighted by Gasteiger charge is 2.14. The van der Waals surface area contributed by atoms with Crippen LogP contribution in [0.2, 0.25) is 0 Å². The fourth-order valence-corrected chi connectivity index (χ4v) is 1.92. The lowest BCUT2D eigenvalue weighted by atomic mass is 10.3. The number of nitrogens with zero attached hydrogens (tertiary/aromatic N) is 4. The summed E-state index contributed by atoms with van der Waals surface area (Å²) < 4.78 is 0. The monoisotopic (exact) mass is 285 g/mol. The molecule has 2 aromatic rings. The fourth-order valence-electron chi connectivity index (χ4n) is 1.92. The van der Waals surface area contributed by atoms with Crippen molar-refractivity contribution in [3.05, 3.63) is 47.4 Å². The Bertz CT molecular complexity index is 612. The Morgan fingerprint density at radius 2 is 2.05 bits per heavy atom. The summed E-state index contributed by atoms with van der Waals surface area (Å²) in [4.78, 5) is 18.2. The van der Waals surface area contributed by atoms with Crippen molar-refractivity contribution in [3.63, 3.8) is 0 Å². The number of pyridine rings is 1. The Morgan fingerprint density at radius 3 is 2.67 bits per heavy atom. The van der Waals surface area contributed by atoms with Crippen molar-refractivity contribution < 1.29 is 4.79 Å². The maximum Gasteiger partial charge on any atom is 0.274 e. The third kappa shape index (κ3) is 3.98. The van der Waals surface area contributed by atoms with Gasteiger partial charge in [-0.05, 0) is 38.1 Å². The zero-order valence-electron chi connectivity index (χ0n) is 12.5. The Morgan fingerprint density at radius 1 is 1.24 bits per heavy atom. The van der Waals surface area contributed by atoms with Gasteiger partial charge in [0.25, 0.3) is 5.91 Å². The lowest BCUT2D eigenvalue weighted by Crippen LogP contribution is -2.27. The number of carbonyl (C=O) groups excluding carboxylic acids is 1.